The second-order valence-electron chi connectivity index (χ2n) is 5.38. The molecule has 0 spiro atoms. The van der Waals surface area contributed by atoms with E-state index in [2.05, 4.69) is 45.0 Å². The second kappa shape index (κ2) is 6.20. The van der Waals surface area contributed by atoms with Crippen molar-refractivity contribution in [1.82, 2.24) is 14.7 Å². The largest absolute Gasteiger partial charge is 0.395 e. The van der Waals surface area contributed by atoms with Gasteiger partial charge in [-0.3, -0.25) is 9.58 Å². The maximum atomic E-state index is 9.63. The lowest BCUT2D eigenvalue weighted by Gasteiger charge is -2.28. The summed E-state index contributed by atoms with van der Waals surface area (Å²) in [4.78, 5) is 2.38. The van der Waals surface area contributed by atoms with Crippen molar-refractivity contribution >= 4 is 0 Å². The Morgan fingerprint density at radius 1 is 1.20 bits per heavy atom. The maximum Gasteiger partial charge on any atom is 0.0587 e. The molecule has 0 fully saturated rings. The predicted octanol–water partition coefficient (Wildman–Crippen LogP) is 1.69. The molecule has 20 heavy (non-hydrogen) atoms. The minimum atomic E-state index is 0.222. The number of aromatic nitrogens is 2. The third-order valence-electron chi connectivity index (χ3n) is 4.10. The van der Waals surface area contributed by atoms with Gasteiger partial charge in [0.1, 0.15) is 0 Å². The fourth-order valence-corrected chi connectivity index (χ4v) is 2.87. The van der Waals surface area contributed by atoms with Crippen LogP contribution in [-0.4, -0.2) is 39.0 Å². The zero-order valence-electron chi connectivity index (χ0n) is 11.7. The number of aliphatic hydroxyl groups is 1. The standard InChI is InChI=1S/C16H21N3O/c20-13-16-8-11-19-15(6-9-17-19)12-18(16)10-7-14-4-2-1-3-5-14/h1-6,9,16,20H,7-8,10-13H2. The van der Waals surface area contributed by atoms with Crippen molar-refractivity contribution in [2.24, 2.45) is 0 Å². The van der Waals surface area contributed by atoms with Crippen LogP contribution >= 0.6 is 0 Å². The maximum absolute atomic E-state index is 9.63. The Bertz CT molecular complexity index is 538. The Balaban J connectivity index is 1.69. The summed E-state index contributed by atoms with van der Waals surface area (Å²) in [6.45, 7) is 2.97. The summed E-state index contributed by atoms with van der Waals surface area (Å²) in [5.74, 6) is 0. The van der Waals surface area contributed by atoms with E-state index in [1.807, 2.05) is 12.3 Å². The number of rotatable bonds is 4. The lowest BCUT2D eigenvalue weighted by molar-refractivity contribution is 0.115. The minimum Gasteiger partial charge on any atom is -0.395 e. The van der Waals surface area contributed by atoms with Gasteiger partial charge in [-0.25, -0.2) is 0 Å². The average Bonchev–Trinajstić information content (AvgIpc) is 2.86. The Morgan fingerprint density at radius 3 is 2.85 bits per heavy atom. The van der Waals surface area contributed by atoms with Gasteiger partial charge < -0.3 is 5.11 Å². The van der Waals surface area contributed by atoms with Crippen molar-refractivity contribution in [3.63, 3.8) is 0 Å². The number of fused-ring (bicyclic) bond motifs is 1. The summed E-state index contributed by atoms with van der Waals surface area (Å²) in [6, 6.07) is 12.8. The van der Waals surface area contributed by atoms with E-state index in [0.29, 0.717) is 0 Å². The highest BCUT2D eigenvalue weighted by molar-refractivity contribution is 5.15. The molecule has 1 aromatic heterocycles. The number of nitrogens with zero attached hydrogens (tertiary/aromatic N) is 3. The zero-order valence-corrected chi connectivity index (χ0v) is 11.7. The molecule has 0 aliphatic carbocycles. The number of benzene rings is 1. The van der Waals surface area contributed by atoms with Crippen LogP contribution in [0.2, 0.25) is 0 Å². The van der Waals surface area contributed by atoms with Crippen LogP contribution in [0.5, 0.6) is 0 Å². The summed E-state index contributed by atoms with van der Waals surface area (Å²) >= 11 is 0. The van der Waals surface area contributed by atoms with Crippen LogP contribution in [0.25, 0.3) is 0 Å². The Labute approximate surface area is 119 Å². The summed E-state index contributed by atoms with van der Waals surface area (Å²) in [5, 5.41) is 14.0. The van der Waals surface area contributed by atoms with Crippen LogP contribution in [0.3, 0.4) is 0 Å². The highest BCUT2D eigenvalue weighted by atomic mass is 16.3. The molecule has 4 heteroatoms. The van der Waals surface area contributed by atoms with Crippen LogP contribution in [0.15, 0.2) is 42.6 Å². The molecule has 1 aliphatic rings. The van der Waals surface area contributed by atoms with Crippen molar-refractivity contribution < 1.29 is 5.11 Å². The molecule has 0 saturated heterocycles. The average molecular weight is 271 g/mol. The first-order valence-corrected chi connectivity index (χ1v) is 7.26. The van der Waals surface area contributed by atoms with Gasteiger partial charge in [0.05, 0.1) is 12.3 Å². The minimum absolute atomic E-state index is 0.222. The Hall–Kier alpha value is -1.65. The molecule has 0 radical (unpaired) electrons. The van der Waals surface area contributed by atoms with Gasteiger partial charge in [-0.1, -0.05) is 30.3 Å². The van der Waals surface area contributed by atoms with Gasteiger partial charge in [-0.2, -0.15) is 5.10 Å². The molecule has 2 aromatic rings. The number of hydrogen-bond donors (Lipinski definition) is 1. The molecule has 1 atom stereocenters. The molecule has 2 heterocycles. The molecule has 1 N–H and O–H groups in total. The van der Waals surface area contributed by atoms with Crippen molar-refractivity contribution in [1.29, 1.82) is 0 Å². The fourth-order valence-electron chi connectivity index (χ4n) is 2.87. The van der Waals surface area contributed by atoms with Gasteiger partial charge in [0.25, 0.3) is 0 Å². The van der Waals surface area contributed by atoms with Crippen molar-refractivity contribution in [2.45, 2.75) is 32.0 Å². The second-order valence-corrected chi connectivity index (χ2v) is 5.38. The van der Waals surface area contributed by atoms with Crippen LogP contribution < -0.4 is 0 Å². The van der Waals surface area contributed by atoms with Crippen molar-refractivity contribution in [2.75, 3.05) is 13.2 Å². The number of hydrogen-bond acceptors (Lipinski definition) is 3. The van der Waals surface area contributed by atoms with Gasteiger partial charge in [-0.05, 0) is 24.5 Å². The van der Waals surface area contributed by atoms with Gasteiger partial charge in [-0.15, -0.1) is 0 Å². The van der Waals surface area contributed by atoms with E-state index in [4.69, 9.17) is 0 Å². The Kier molecular flexibility index (Phi) is 4.14. The lowest BCUT2D eigenvalue weighted by Crippen LogP contribution is -2.38. The highest BCUT2D eigenvalue weighted by Gasteiger charge is 2.23. The monoisotopic (exact) mass is 271 g/mol. The van der Waals surface area contributed by atoms with Gasteiger partial charge in [0, 0.05) is 31.9 Å². The van der Waals surface area contributed by atoms with E-state index >= 15 is 0 Å². The molecule has 0 saturated carbocycles. The van der Waals surface area contributed by atoms with Crippen LogP contribution in [0.1, 0.15) is 17.7 Å². The third-order valence-corrected chi connectivity index (χ3v) is 4.10. The normalized spacial score (nSPS) is 19.6. The third kappa shape index (κ3) is 2.92. The van der Waals surface area contributed by atoms with E-state index in [1.165, 1.54) is 11.3 Å². The smallest absolute Gasteiger partial charge is 0.0587 e. The van der Waals surface area contributed by atoms with E-state index in [1.54, 1.807) is 0 Å². The predicted molar refractivity (Wildman–Crippen MR) is 78.3 cm³/mol. The number of aryl methyl sites for hydroxylation is 1. The fraction of sp³-hybridized carbons (Fsp3) is 0.438. The summed E-state index contributed by atoms with van der Waals surface area (Å²) in [6.07, 6.45) is 3.84. The summed E-state index contributed by atoms with van der Waals surface area (Å²) in [5.41, 5.74) is 2.59. The molecule has 106 valence electrons. The van der Waals surface area contributed by atoms with E-state index in [9.17, 15) is 5.11 Å². The van der Waals surface area contributed by atoms with Crippen LogP contribution in [-0.2, 0) is 19.5 Å². The van der Waals surface area contributed by atoms with E-state index in [0.717, 1.165) is 32.5 Å². The van der Waals surface area contributed by atoms with Crippen molar-refractivity contribution in [3.8, 4) is 0 Å². The van der Waals surface area contributed by atoms with E-state index in [-0.39, 0.29) is 12.6 Å². The molecule has 3 rings (SSSR count). The SMILES string of the molecule is OCC1CCn2nccc2CN1CCc1ccccc1. The molecular weight excluding hydrogens is 250 g/mol. The van der Waals surface area contributed by atoms with Gasteiger partial charge in [0.15, 0.2) is 0 Å². The zero-order chi connectivity index (χ0) is 13.8. The molecule has 0 amide bonds. The number of aliphatic hydroxyl groups excluding tert-OH is 1. The molecule has 1 aromatic carbocycles. The van der Waals surface area contributed by atoms with Crippen molar-refractivity contribution in [3.05, 3.63) is 53.9 Å². The van der Waals surface area contributed by atoms with E-state index < -0.39 is 0 Å². The molecule has 4 nitrogen and oxygen atoms in total. The molecule has 0 bridgehead atoms. The first kappa shape index (κ1) is 13.3. The summed E-state index contributed by atoms with van der Waals surface area (Å²) in [7, 11) is 0. The first-order chi connectivity index (χ1) is 9.86. The highest BCUT2D eigenvalue weighted by Crippen LogP contribution is 2.17. The van der Waals surface area contributed by atoms with Crippen LogP contribution in [0.4, 0.5) is 0 Å². The lowest BCUT2D eigenvalue weighted by atomic mass is 10.1. The molecule has 1 aliphatic heterocycles. The summed E-state index contributed by atoms with van der Waals surface area (Å²) < 4.78 is 2.06. The van der Waals surface area contributed by atoms with Crippen LogP contribution in [0, 0.1) is 0 Å². The molecular formula is C16H21N3O. The van der Waals surface area contributed by atoms with Gasteiger partial charge in [0.2, 0.25) is 0 Å². The Morgan fingerprint density at radius 2 is 2.05 bits per heavy atom. The first-order valence-electron chi connectivity index (χ1n) is 7.26. The quantitative estimate of drug-likeness (QED) is 0.920. The topological polar surface area (TPSA) is 41.3 Å². The molecule has 1 unspecified atom stereocenters. The van der Waals surface area contributed by atoms with Gasteiger partial charge >= 0.3 is 0 Å².